The molecule has 3 atom stereocenters. The molecule has 154 valence electrons. The molecule has 1 aliphatic rings. The number of thioether (sulfide) groups is 1. The van der Waals surface area contributed by atoms with Gasteiger partial charge in [-0.2, -0.15) is 0 Å². The normalized spacial score (nSPS) is 24.1. The molecular weight excluding hydrogens is 403 g/mol. The SMILES string of the molecule is C[C@H]1SC(N)=N[C@](C)(c2cc(CC(=O)c3ccc(OCF)cn3)ccc2F)[C@H]1F. The number of halogens is 3. The van der Waals surface area contributed by atoms with Crippen LogP contribution in [0.5, 0.6) is 5.75 Å². The number of Topliss-reactive ketones (excluding diaryl/α,β-unsaturated/α-hetero) is 1. The maximum absolute atomic E-state index is 15.0. The van der Waals surface area contributed by atoms with Crippen LogP contribution in [0.15, 0.2) is 41.5 Å². The van der Waals surface area contributed by atoms with Crippen molar-refractivity contribution in [2.24, 2.45) is 10.7 Å². The number of aromatic nitrogens is 1. The number of pyridine rings is 1. The summed E-state index contributed by atoms with van der Waals surface area (Å²) in [5.74, 6) is -0.741. The van der Waals surface area contributed by atoms with Gasteiger partial charge in [0, 0.05) is 17.2 Å². The highest BCUT2D eigenvalue weighted by Crippen LogP contribution is 2.42. The molecular formula is C20H20F3N3O2S. The van der Waals surface area contributed by atoms with Crippen molar-refractivity contribution in [3.63, 3.8) is 0 Å². The molecule has 1 aromatic heterocycles. The molecule has 0 unspecified atom stereocenters. The molecule has 9 heteroatoms. The third-order valence-corrected chi connectivity index (χ3v) is 5.73. The lowest BCUT2D eigenvalue weighted by atomic mass is 9.84. The van der Waals surface area contributed by atoms with Crippen LogP contribution >= 0.6 is 11.8 Å². The van der Waals surface area contributed by atoms with Gasteiger partial charge in [-0.05, 0) is 43.7 Å². The summed E-state index contributed by atoms with van der Waals surface area (Å²) in [5.41, 5.74) is 5.01. The van der Waals surface area contributed by atoms with E-state index in [9.17, 15) is 18.0 Å². The van der Waals surface area contributed by atoms with Crippen molar-refractivity contribution in [2.45, 2.75) is 37.2 Å². The summed E-state index contributed by atoms with van der Waals surface area (Å²) in [5, 5.41) is -0.300. The number of aliphatic imine (C=N–C) groups is 1. The van der Waals surface area contributed by atoms with Crippen molar-refractivity contribution < 1.29 is 22.7 Å². The third-order valence-electron chi connectivity index (χ3n) is 4.78. The first-order chi connectivity index (χ1) is 13.7. The molecule has 3 rings (SSSR count). The standard InChI is InChI=1S/C20H20F3N3O2S/c1-11-18(23)20(2,26-19(24)29-11)14-7-12(3-5-15(14)22)8-17(27)16-6-4-13(9-25-16)28-10-21/h3-7,9,11,18H,8,10H2,1-2H3,(H2,24,26)/t11-,18+,20-/m1/s1. The first-order valence-corrected chi connectivity index (χ1v) is 9.75. The molecule has 5 nitrogen and oxygen atoms in total. The van der Waals surface area contributed by atoms with Gasteiger partial charge in [0.05, 0.1) is 6.20 Å². The zero-order valence-electron chi connectivity index (χ0n) is 15.9. The summed E-state index contributed by atoms with van der Waals surface area (Å²) in [4.78, 5) is 20.6. The monoisotopic (exact) mass is 423 g/mol. The van der Waals surface area contributed by atoms with E-state index in [1.165, 1.54) is 43.5 Å². The largest absolute Gasteiger partial charge is 0.461 e. The van der Waals surface area contributed by atoms with Crippen molar-refractivity contribution in [1.82, 2.24) is 4.98 Å². The Hall–Kier alpha value is -2.55. The molecule has 2 heterocycles. The van der Waals surface area contributed by atoms with E-state index in [-0.39, 0.29) is 34.4 Å². The summed E-state index contributed by atoms with van der Waals surface area (Å²) in [6.07, 6.45) is -0.277. The number of carbonyl (C=O) groups excluding carboxylic acids is 1. The quantitative estimate of drug-likeness (QED) is 0.712. The Morgan fingerprint density at radius 2 is 2.10 bits per heavy atom. The van der Waals surface area contributed by atoms with E-state index in [0.717, 1.165) is 11.8 Å². The Bertz CT molecular complexity index is 939. The Morgan fingerprint density at radius 3 is 2.76 bits per heavy atom. The number of ketones is 1. The zero-order valence-corrected chi connectivity index (χ0v) is 16.7. The van der Waals surface area contributed by atoms with Crippen LogP contribution < -0.4 is 10.5 Å². The topological polar surface area (TPSA) is 77.6 Å². The first kappa shape index (κ1) is 21.2. The molecule has 0 amide bonds. The summed E-state index contributed by atoms with van der Waals surface area (Å²) >= 11 is 1.10. The third kappa shape index (κ3) is 4.39. The molecule has 2 N–H and O–H groups in total. The van der Waals surface area contributed by atoms with Gasteiger partial charge in [-0.25, -0.2) is 23.1 Å². The number of hydrogen-bond acceptors (Lipinski definition) is 6. The summed E-state index contributed by atoms with van der Waals surface area (Å²) in [7, 11) is 0. The second-order valence-corrected chi connectivity index (χ2v) is 8.27. The molecule has 0 saturated carbocycles. The van der Waals surface area contributed by atoms with Gasteiger partial charge < -0.3 is 10.5 Å². The van der Waals surface area contributed by atoms with Gasteiger partial charge in [-0.1, -0.05) is 17.8 Å². The average molecular weight is 423 g/mol. The van der Waals surface area contributed by atoms with Crippen LogP contribution in [0, 0.1) is 5.82 Å². The van der Waals surface area contributed by atoms with E-state index >= 15 is 0 Å². The zero-order chi connectivity index (χ0) is 21.2. The lowest BCUT2D eigenvalue weighted by molar-refractivity contribution is 0.0988. The number of hydrogen-bond donors (Lipinski definition) is 1. The van der Waals surface area contributed by atoms with Crippen LogP contribution in [0.3, 0.4) is 0 Å². The van der Waals surface area contributed by atoms with E-state index in [1.54, 1.807) is 6.92 Å². The minimum atomic E-state index is -1.48. The van der Waals surface area contributed by atoms with E-state index in [4.69, 9.17) is 5.73 Å². The maximum Gasteiger partial charge on any atom is 0.228 e. The molecule has 0 bridgehead atoms. The fraction of sp³-hybridized carbons (Fsp3) is 0.350. The molecule has 0 radical (unpaired) electrons. The maximum atomic E-state index is 15.0. The van der Waals surface area contributed by atoms with Gasteiger partial charge in [-0.15, -0.1) is 0 Å². The molecule has 0 spiro atoms. The van der Waals surface area contributed by atoms with E-state index in [1.807, 2.05) is 0 Å². The minimum Gasteiger partial charge on any atom is -0.461 e. The molecule has 2 aromatic rings. The predicted octanol–water partition coefficient (Wildman–Crippen LogP) is 3.96. The molecule has 29 heavy (non-hydrogen) atoms. The molecule has 0 aliphatic carbocycles. The summed E-state index contributed by atoms with van der Waals surface area (Å²) < 4.78 is 46.4. The van der Waals surface area contributed by atoms with Crippen molar-refractivity contribution in [2.75, 3.05) is 6.86 Å². The van der Waals surface area contributed by atoms with Crippen molar-refractivity contribution in [3.8, 4) is 5.75 Å². The Balaban J connectivity index is 1.87. The van der Waals surface area contributed by atoms with Crippen molar-refractivity contribution in [1.29, 1.82) is 0 Å². The highest BCUT2D eigenvalue weighted by Gasteiger charge is 2.45. The van der Waals surface area contributed by atoms with Crippen LogP contribution in [0.2, 0.25) is 0 Å². The number of benzene rings is 1. The van der Waals surface area contributed by atoms with Gasteiger partial charge >= 0.3 is 0 Å². The molecule has 0 saturated heterocycles. The fourth-order valence-electron chi connectivity index (χ4n) is 3.27. The van der Waals surface area contributed by atoms with Crippen LogP contribution in [-0.2, 0) is 12.0 Å². The number of rotatable bonds is 6. The van der Waals surface area contributed by atoms with E-state index < -0.39 is 29.6 Å². The highest BCUT2D eigenvalue weighted by molar-refractivity contribution is 8.14. The lowest BCUT2D eigenvalue weighted by Crippen LogP contribution is -2.44. The second kappa shape index (κ2) is 8.44. The van der Waals surface area contributed by atoms with Gasteiger partial charge in [0.25, 0.3) is 0 Å². The van der Waals surface area contributed by atoms with Gasteiger partial charge in [0.15, 0.2) is 11.0 Å². The fourth-order valence-corrected chi connectivity index (χ4v) is 4.28. The van der Waals surface area contributed by atoms with Crippen LogP contribution in [0.4, 0.5) is 13.2 Å². The van der Waals surface area contributed by atoms with Gasteiger partial charge in [-0.3, -0.25) is 4.79 Å². The number of carbonyl (C=O) groups is 1. The van der Waals surface area contributed by atoms with E-state index in [0.29, 0.717) is 5.56 Å². The smallest absolute Gasteiger partial charge is 0.228 e. The van der Waals surface area contributed by atoms with E-state index in [2.05, 4.69) is 14.7 Å². The number of nitrogens with zero attached hydrogens (tertiary/aromatic N) is 2. The molecule has 1 aromatic carbocycles. The number of ether oxygens (including phenoxy) is 1. The van der Waals surface area contributed by atoms with Crippen LogP contribution in [0.25, 0.3) is 0 Å². The van der Waals surface area contributed by atoms with Crippen molar-refractivity contribution in [3.05, 3.63) is 59.2 Å². The van der Waals surface area contributed by atoms with Gasteiger partial charge in [0.1, 0.15) is 29.0 Å². The molecule has 0 fully saturated rings. The first-order valence-electron chi connectivity index (χ1n) is 8.87. The van der Waals surface area contributed by atoms with Crippen molar-refractivity contribution >= 4 is 22.7 Å². The molecule has 1 aliphatic heterocycles. The number of amidine groups is 1. The second-order valence-electron chi connectivity index (χ2n) is 6.87. The predicted molar refractivity (Wildman–Crippen MR) is 106 cm³/mol. The lowest BCUT2D eigenvalue weighted by Gasteiger charge is -2.37. The van der Waals surface area contributed by atoms with Crippen LogP contribution in [-0.4, -0.2) is 34.2 Å². The van der Waals surface area contributed by atoms with Gasteiger partial charge in [0.2, 0.25) is 6.86 Å². The summed E-state index contributed by atoms with van der Waals surface area (Å²) in [6, 6.07) is 6.95. The Labute approximate surface area is 170 Å². The average Bonchev–Trinajstić information content (AvgIpc) is 2.68. The Morgan fingerprint density at radius 1 is 1.34 bits per heavy atom. The minimum absolute atomic E-state index is 0.0463. The van der Waals surface area contributed by atoms with Crippen LogP contribution in [0.1, 0.15) is 35.5 Å². The summed E-state index contributed by atoms with van der Waals surface area (Å²) in [6.45, 7) is 2.17. The highest BCUT2D eigenvalue weighted by atomic mass is 32.2. The Kier molecular flexibility index (Phi) is 6.16. The number of nitrogens with two attached hydrogens (primary N) is 1. The number of alkyl halides is 2.